The number of hydrogen-bond acceptors (Lipinski definition) is 3. The molecule has 0 aliphatic rings. The van der Waals surface area contributed by atoms with Crippen LogP contribution in [0.15, 0.2) is 42.5 Å². The molecule has 6 heteroatoms. The standard InChI is InChI=1S/C25H29FN2O3/c1-16-17(2)24(28(18(16)3)15-20-8-6-7-9-21(20)26)25(29)27-13-12-19-10-11-22(30-4)23(14-19)31-5/h6-11,14H,12-13,15H2,1-5H3,(H,27,29). The molecule has 5 nitrogen and oxygen atoms in total. The Balaban J connectivity index is 1.76. The van der Waals surface area contributed by atoms with Crippen LogP contribution in [-0.2, 0) is 13.0 Å². The maximum atomic E-state index is 14.2. The summed E-state index contributed by atoms with van der Waals surface area (Å²) in [7, 11) is 3.20. The summed E-state index contributed by atoms with van der Waals surface area (Å²) in [6.45, 7) is 6.66. The van der Waals surface area contributed by atoms with Gasteiger partial charge in [0.2, 0.25) is 0 Å². The van der Waals surface area contributed by atoms with E-state index in [2.05, 4.69) is 5.32 Å². The Labute approximate surface area is 182 Å². The monoisotopic (exact) mass is 424 g/mol. The number of nitrogens with one attached hydrogen (secondary N) is 1. The molecule has 0 radical (unpaired) electrons. The van der Waals surface area contributed by atoms with Gasteiger partial charge in [0.1, 0.15) is 11.5 Å². The number of amides is 1. The van der Waals surface area contributed by atoms with Crippen LogP contribution in [0, 0.1) is 26.6 Å². The smallest absolute Gasteiger partial charge is 0.268 e. The molecule has 0 bridgehead atoms. The topological polar surface area (TPSA) is 52.5 Å². The fourth-order valence-corrected chi connectivity index (χ4v) is 3.75. The maximum absolute atomic E-state index is 14.2. The van der Waals surface area contributed by atoms with E-state index >= 15 is 0 Å². The third-order valence-corrected chi connectivity index (χ3v) is 5.78. The average Bonchev–Trinajstić information content (AvgIpc) is 2.98. The molecule has 164 valence electrons. The van der Waals surface area contributed by atoms with Crippen LogP contribution in [0.25, 0.3) is 0 Å². The molecular weight excluding hydrogens is 395 g/mol. The van der Waals surface area contributed by atoms with Crippen LogP contribution in [0.1, 0.15) is 38.4 Å². The van der Waals surface area contributed by atoms with E-state index in [0.29, 0.717) is 42.3 Å². The van der Waals surface area contributed by atoms with E-state index in [1.54, 1.807) is 32.4 Å². The third kappa shape index (κ3) is 4.74. The van der Waals surface area contributed by atoms with Crippen molar-refractivity contribution in [1.29, 1.82) is 0 Å². The van der Waals surface area contributed by atoms with E-state index < -0.39 is 0 Å². The quantitative estimate of drug-likeness (QED) is 0.575. The Morgan fingerprint density at radius 2 is 1.71 bits per heavy atom. The minimum atomic E-state index is -0.272. The molecule has 1 aromatic heterocycles. The second-order valence-electron chi connectivity index (χ2n) is 7.56. The van der Waals surface area contributed by atoms with Crippen molar-refractivity contribution in [2.75, 3.05) is 20.8 Å². The lowest BCUT2D eigenvalue weighted by Crippen LogP contribution is -2.29. The van der Waals surface area contributed by atoms with Crippen molar-refractivity contribution in [2.45, 2.75) is 33.7 Å². The summed E-state index contributed by atoms with van der Waals surface area (Å²) in [5.74, 6) is 0.895. The zero-order valence-corrected chi connectivity index (χ0v) is 18.7. The number of carbonyl (C=O) groups excluding carboxylic acids is 1. The highest BCUT2D eigenvalue weighted by molar-refractivity contribution is 5.95. The van der Waals surface area contributed by atoms with Gasteiger partial charge in [0.05, 0.1) is 20.8 Å². The van der Waals surface area contributed by atoms with Gasteiger partial charge < -0.3 is 19.4 Å². The number of carbonyl (C=O) groups is 1. The summed E-state index contributed by atoms with van der Waals surface area (Å²) < 4.78 is 26.7. The van der Waals surface area contributed by atoms with Gasteiger partial charge >= 0.3 is 0 Å². The van der Waals surface area contributed by atoms with Crippen molar-refractivity contribution in [2.24, 2.45) is 0 Å². The summed E-state index contributed by atoms with van der Waals surface area (Å²) in [5, 5.41) is 3.01. The van der Waals surface area contributed by atoms with Crippen LogP contribution < -0.4 is 14.8 Å². The highest BCUT2D eigenvalue weighted by Gasteiger charge is 2.21. The van der Waals surface area contributed by atoms with Gasteiger partial charge in [-0.2, -0.15) is 0 Å². The number of nitrogens with zero attached hydrogens (tertiary/aromatic N) is 1. The zero-order valence-electron chi connectivity index (χ0n) is 18.7. The first-order valence-electron chi connectivity index (χ1n) is 10.3. The van der Waals surface area contributed by atoms with Gasteiger partial charge in [-0.25, -0.2) is 4.39 Å². The van der Waals surface area contributed by atoms with Gasteiger partial charge in [-0.1, -0.05) is 24.3 Å². The van der Waals surface area contributed by atoms with E-state index in [0.717, 1.165) is 22.4 Å². The number of rotatable bonds is 8. The second-order valence-corrected chi connectivity index (χ2v) is 7.56. The molecule has 1 N–H and O–H groups in total. The lowest BCUT2D eigenvalue weighted by atomic mass is 10.1. The number of benzene rings is 2. The van der Waals surface area contributed by atoms with Crippen LogP contribution in [-0.4, -0.2) is 31.2 Å². The van der Waals surface area contributed by atoms with E-state index in [-0.39, 0.29) is 11.7 Å². The van der Waals surface area contributed by atoms with Gasteiger partial charge in [0.15, 0.2) is 11.5 Å². The third-order valence-electron chi connectivity index (χ3n) is 5.78. The lowest BCUT2D eigenvalue weighted by Gasteiger charge is -2.14. The maximum Gasteiger partial charge on any atom is 0.268 e. The van der Waals surface area contributed by atoms with Gasteiger partial charge in [-0.3, -0.25) is 4.79 Å². The van der Waals surface area contributed by atoms with E-state index in [1.807, 2.05) is 43.5 Å². The molecule has 1 amide bonds. The summed E-state index contributed by atoms with van der Waals surface area (Å²) >= 11 is 0. The van der Waals surface area contributed by atoms with Gasteiger partial charge in [0, 0.05) is 17.8 Å². The number of halogens is 1. The highest BCUT2D eigenvalue weighted by atomic mass is 19.1. The van der Waals surface area contributed by atoms with E-state index in [4.69, 9.17) is 9.47 Å². The fraction of sp³-hybridized carbons (Fsp3) is 0.320. The SMILES string of the molecule is COc1ccc(CCNC(=O)c2c(C)c(C)c(C)n2Cc2ccccc2F)cc1OC. The molecule has 0 fully saturated rings. The Kier molecular flexibility index (Phi) is 7.00. The molecule has 3 aromatic rings. The highest BCUT2D eigenvalue weighted by Crippen LogP contribution is 2.28. The van der Waals surface area contributed by atoms with Gasteiger partial charge in [0.25, 0.3) is 5.91 Å². The van der Waals surface area contributed by atoms with Crippen LogP contribution in [0.3, 0.4) is 0 Å². The molecule has 1 heterocycles. The predicted octanol–water partition coefficient (Wildman–Crippen LogP) is 4.59. The van der Waals surface area contributed by atoms with Crippen molar-refractivity contribution in [3.63, 3.8) is 0 Å². The van der Waals surface area contributed by atoms with Crippen molar-refractivity contribution >= 4 is 5.91 Å². The molecule has 0 unspecified atom stereocenters. The average molecular weight is 425 g/mol. The second kappa shape index (κ2) is 9.69. The zero-order chi connectivity index (χ0) is 22.5. The number of methoxy groups -OCH3 is 2. The minimum Gasteiger partial charge on any atom is -0.493 e. The first-order valence-corrected chi connectivity index (χ1v) is 10.3. The van der Waals surface area contributed by atoms with Crippen LogP contribution in [0.4, 0.5) is 4.39 Å². The normalized spacial score (nSPS) is 10.8. The largest absolute Gasteiger partial charge is 0.493 e. The molecule has 2 aromatic carbocycles. The Morgan fingerprint density at radius 1 is 1.00 bits per heavy atom. The van der Waals surface area contributed by atoms with Crippen molar-refractivity contribution in [3.8, 4) is 11.5 Å². The molecule has 0 atom stereocenters. The number of aromatic nitrogens is 1. The summed E-state index contributed by atoms with van der Waals surface area (Å²) in [4.78, 5) is 13.1. The molecule has 0 aliphatic heterocycles. The Hall–Kier alpha value is -3.28. The molecule has 0 saturated heterocycles. The Morgan fingerprint density at radius 3 is 2.39 bits per heavy atom. The number of hydrogen-bond donors (Lipinski definition) is 1. The molecule has 0 spiro atoms. The van der Waals surface area contributed by atoms with Crippen LogP contribution in [0.2, 0.25) is 0 Å². The van der Waals surface area contributed by atoms with E-state index in [9.17, 15) is 9.18 Å². The first kappa shape index (κ1) is 22.4. The molecule has 3 rings (SSSR count). The fourth-order valence-electron chi connectivity index (χ4n) is 3.75. The summed E-state index contributed by atoms with van der Waals surface area (Å²) in [5.41, 5.74) is 5.08. The van der Waals surface area contributed by atoms with Crippen LogP contribution >= 0.6 is 0 Å². The molecule has 0 saturated carbocycles. The predicted molar refractivity (Wildman–Crippen MR) is 120 cm³/mol. The first-order chi connectivity index (χ1) is 14.9. The Bertz CT molecular complexity index is 1090. The van der Waals surface area contributed by atoms with Crippen molar-refractivity contribution in [1.82, 2.24) is 9.88 Å². The summed E-state index contributed by atoms with van der Waals surface area (Å²) in [6, 6.07) is 12.4. The minimum absolute atomic E-state index is 0.162. The van der Waals surface area contributed by atoms with Crippen LogP contribution in [0.5, 0.6) is 11.5 Å². The van der Waals surface area contributed by atoms with E-state index in [1.165, 1.54) is 6.07 Å². The molecular formula is C25H29FN2O3. The molecule has 0 aliphatic carbocycles. The summed E-state index contributed by atoms with van der Waals surface area (Å²) in [6.07, 6.45) is 0.650. The lowest BCUT2D eigenvalue weighted by molar-refractivity contribution is 0.0944. The van der Waals surface area contributed by atoms with Gasteiger partial charge in [-0.15, -0.1) is 0 Å². The number of ether oxygens (including phenoxy) is 2. The van der Waals surface area contributed by atoms with Crippen molar-refractivity contribution < 1.29 is 18.7 Å². The van der Waals surface area contributed by atoms with Gasteiger partial charge in [-0.05, 0) is 62.1 Å². The van der Waals surface area contributed by atoms with Crippen molar-refractivity contribution in [3.05, 3.63) is 81.9 Å². The molecule has 31 heavy (non-hydrogen) atoms.